The lowest BCUT2D eigenvalue weighted by atomic mass is 9.54. The van der Waals surface area contributed by atoms with Gasteiger partial charge in [-0.25, -0.2) is 0 Å². The highest BCUT2D eigenvalue weighted by molar-refractivity contribution is 7.00. The van der Waals surface area contributed by atoms with E-state index in [0.29, 0.717) is 0 Å². The van der Waals surface area contributed by atoms with E-state index in [1.165, 1.54) is 95.2 Å². The molecule has 69 heavy (non-hydrogen) atoms. The fourth-order valence-electron chi connectivity index (χ4n) is 11.7. The van der Waals surface area contributed by atoms with Crippen LogP contribution in [0.25, 0.3) is 55.5 Å². The summed E-state index contributed by atoms with van der Waals surface area (Å²) >= 11 is 1.32. The fraction of sp³-hybridized carbons (Fsp3) is 0.262. The van der Waals surface area contributed by atoms with Crippen LogP contribution < -0.4 is 4.90 Å². The van der Waals surface area contributed by atoms with Crippen LogP contribution >= 0.6 is 11.7 Å². The Balaban J connectivity index is 0.933. The third-order valence-corrected chi connectivity index (χ3v) is 18.0. The third-order valence-electron chi connectivity index (χ3n) is 17.5. The van der Waals surface area contributed by atoms with Gasteiger partial charge in [-0.1, -0.05) is 196 Å². The van der Waals surface area contributed by atoms with Gasteiger partial charge in [-0.2, -0.15) is 8.75 Å². The molecule has 2 aliphatic carbocycles. The summed E-state index contributed by atoms with van der Waals surface area (Å²) in [4.78, 5) is 2.33. The molecule has 0 N–H and O–H groups in total. The van der Waals surface area contributed by atoms with Crippen LogP contribution in [0.2, 0.25) is 0 Å². The summed E-state index contributed by atoms with van der Waals surface area (Å²) in [6.07, 6.45) is 0. The van der Waals surface area contributed by atoms with Gasteiger partial charge in [0.25, 0.3) is 0 Å². The maximum Gasteiger partial charge on any atom is 0.112 e. The highest BCUT2D eigenvalue weighted by Gasteiger charge is 2.48. The Hall–Kier alpha value is -6.62. The molecule has 0 aliphatic heterocycles. The van der Waals surface area contributed by atoms with Crippen molar-refractivity contribution >= 4 is 39.8 Å². The largest absolute Gasteiger partial charge is 0.311 e. The second kappa shape index (κ2) is 15.7. The molecular formula is C65H63N3S. The maximum absolute atomic E-state index is 5.05. The molecule has 0 radical (unpaired) electrons. The zero-order valence-corrected chi connectivity index (χ0v) is 43.2. The van der Waals surface area contributed by atoms with Crippen LogP contribution in [0.1, 0.15) is 114 Å². The second-order valence-corrected chi connectivity index (χ2v) is 23.2. The van der Waals surface area contributed by atoms with Gasteiger partial charge in [0.15, 0.2) is 0 Å². The van der Waals surface area contributed by atoms with Crippen molar-refractivity contribution in [3.05, 3.63) is 208 Å². The molecule has 0 atom stereocenters. The SMILES string of the molecule is Cc1ccc(N(c2ccccc2)c2ccc(-c3ccc4c(c3)C(C)(C)C(C)(C)c3cc(C(C)(C)c5ccc(-c6ccc7c(c6)C(C)(C)C(C)(C)c6cc(C)ccc6-7)c6nsnc56)ccc3-4)cc2)cc1. The van der Waals surface area contributed by atoms with Crippen molar-refractivity contribution in [1.29, 1.82) is 0 Å². The molecule has 4 heteroatoms. The number of aryl methyl sites for hydroxylation is 2. The highest BCUT2D eigenvalue weighted by Crippen LogP contribution is 2.57. The lowest BCUT2D eigenvalue weighted by Crippen LogP contribution is -2.43. The van der Waals surface area contributed by atoms with Crippen LogP contribution in [0.5, 0.6) is 0 Å². The number of hydrogen-bond donors (Lipinski definition) is 0. The number of rotatable bonds is 7. The Bertz CT molecular complexity index is 3480. The van der Waals surface area contributed by atoms with Crippen LogP contribution in [0, 0.1) is 13.8 Å². The van der Waals surface area contributed by atoms with Gasteiger partial charge in [-0.3, -0.25) is 0 Å². The van der Waals surface area contributed by atoms with Crippen molar-refractivity contribution in [2.45, 2.75) is 110 Å². The van der Waals surface area contributed by atoms with Crippen molar-refractivity contribution in [1.82, 2.24) is 8.75 Å². The quantitative estimate of drug-likeness (QED) is 0.159. The highest BCUT2D eigenvalue weighted by atomic mass is 32.1. The van der Waals surface area contributed by atoms with E-state index in [4.69, 9.17) is 8.75 Å². The number of anilines is 3. The molecule has 0 bridgehead atoms. The topological polar surface area (TPSA) is 29.0 Å². The summed E-state index contributed by atoms with van der Waals surface area (Å²) in [6, 6.07) is 61.6. The predicted molar refractivity (Wildman–Crippen MR) is 294 cm³/mol. The van der Waals surface area contributed by atoms with Crippen LogP contribution in [-0.4, -0.2) is 8.75 Å². The maximum atomic E-state index is 5.05. The molecular weight excluding hydrogens is 855 g/mol. The molecule has 9 aromatic rings. The van der Waals surface area contributed by atoms with Gasteiger partial charge >= 0.3 is 0 Å². The number of para-hydroxylation sites is 1. The van der Waals surface area contributed by atoms with Gasteiger partial charge in [-0.05, 0) is 156 Å². The minimum Gasteiger partial charge on any atom is -0.311 e. The zero-order valence-electron chi connectivity index (χ0n) is 42.3. The van der Waals surface area contributed by atoms with Crippen molar-refractivity contribution in [3.8, 4) is 44.5 Å². The van der Waals surface area contributed by atoms with Crippen molar-refractivity contribution in [2.75, 3.05) is 4.90 Å². The first-order valence-electron chi connectivity index (χ1n) is 24.6. The molecule has 0 saturated heterocycles. The number of benzene rings is 8. The Morgan fingerprint density at radius 1 is 0.391 bits per heavy atom. The van der Waals surface area contributed by atoms with Gasteiger partial charge in [-0.15, -0.1) is 0 Å². The van der Waals surface area contributed by atoms with Gasteiger partial charge in [0.05, 0.1) is 11.7 Å². The summed E-state index contributed by atoms with van der Waals surface area (Å²) in [5.74, 6) is 0. The van der Waals surface area contributed by atoms with Gasteiger partial charge in [0.1, 0.15) is 11.0 Å². The molecule has 11 rings (SSSR count). The molecule has 2 aliphatic rings. The standard InChI is InChI=1S/C65H63N3S/c1-40-18-26-47(27-19-40)68(46-16-14-13-15-17-46)48-28-21-42(22-29-48)43-23-31-51-53-33-25-45(39-58(53)65(11,12)63(7,8)56(51)37-43)61(3,4)54-35-34-49(59-60(54)67-69-66-59)44-24-32-52-50-30-20-41(2)36-55(50)62(5,6)64(9,10)57(52)38-44/h13-39H,1-12H3. The summed E-state index contributed by atoms with van der Waals surface area (Å²) < 4.78 is 10.1. The first-order valence-corrected chi connectivity index (χ1v) is 25.4. The Morgan fingerprint density at radius 2 is 0.826 bits per heavy atom. The van der Waals surface area contributed by atoms with E-state index in [1.807, 2.05) is 0 Å². The lowest BCUT2D eigenvalue weighted by Gasteiger charge is -2.49. The number of fused-ring (bicyclic) bond motifs is 7. The molecule has 344 valence electrons. The Morgan fingerprint density at radius 3 is 1.43 bits per heavy atom. The van der Waals surface area contributed by atoms with Crippen LogP contribution in [-0.2, 0) is 27.1 Å². The van der Waals surface area contributed by atoms with Gasteiger partial charge in [0, 0.05) is 28.0 Å². The lowest BCUT2D eigenvalue weighted by molar-refractivity contribution is 0.298. The van der Waals surface area contributed by atoms with E-state index in [9.17, 15) is 0 Å². The minimum absolute atomic E-state index is 0.0445. The normalized spacial score (nSPS) is 16.0. The molecule has 1 aromatic heterocycles. The first-order chi connectivity index (χ1) is 32.8. The molecule has 0 fully saturated rings. The van der Waals surface area contributed by atoms with Crippen molar-refractivity contribution < 1.29 is 0 Å². The van der Waals surface area contributed by atoms with Crippen molar-refractivity contribution in [2.24, 2.45) is 0 Å². The average Bonchev–Trinajstić information content (AvgIpc) is 3.84. The summed E-state index contributed by atoms with van der Waals surface area (Å²) in [7, 11) is 0. The second-order valence-electron chi connectivity index (χ2n) is 22.6. The molecule has 0 saturated carbocycles. The monoisotopic (exact) mass is 917 g/mol. The van der Waals surface area contributed by atoms with E-state index in [0.717, 1.165) is 33.7 Å². The number of nitrogens with zero attached hydrogens (tertiary/aromatic N) is 3. The number of aromatic nitrogens is 2. The van der Waals surface area contributed by atoms with Crippen molar-refractivity contribution in [3.63, 3.8) is 0 Å². The average molecular weight is 918 g/mol. The third kappa shape index (κ3) is 6.80. The van der Waals surface area contributed by atoms with E-state index in [1.54, 1.807) is 0 Å². The van der Waals surface area contributed by atoms with E-state index < -0.39 is 0 Å². The molecule has 8 aromatic carbocycles. The molecule has 0 amide bonds. The van der Waals surface area contributed by atoms with E-state index in [-0.39, 0.29) is 27.1 Å². The molecule has 1 heterocycles. The van der Waals surface area contributed by atoms with Crippen LogP contribution in [0.3, 0.4) is 0 Å². The fourth-order valence-corrected chi connectivity index (χ4v) is 12.2. The zero-order chi connectivity index (χ0) is 48.4. The van der Waals surface area contributed by atoms with Crippen LogP contribution in [0.4, 0.5) is 17.1 Å². The summed E-state index contributed by atoms with van der Waals surface area (Å²) in [6.45, 7) is 28.4. The smallest absolute Gasteiger partial charge is 0.112 e. The molecule has 3 nitrogen and oxygen atoms in total. The van der Waals surface area contributed by atoms with Gasteiger partial charge in [0.2, 0.25) is 0 Å². The number of hydrogen-bond acceptors (Lipinski definition) is 4. The van der Waals surface area contributed by atoms with Gasteiger partial charge < -0.3 is 4.90 Å². The summed E-state index contributed by atoms with van der Waals surface area (Å²) in [5.41, 5.74) is 25.4. The van der Waals surface area contributed by atoms with E-state index >= 15 is 0 Å². The summed E-state index contributed by atoms with van der Waals surface area (Å²) in [5, 5.41) is 0. The van der Waals surface area contributed by atoms with E-state index in [2.05, 4.69) is 252 Å². The first kappa shape index (κ1) is 44.9. The minimum atomic E-state index is -0.336. The Labute approximate surface area is 414 Å². The molecule has 0 spiro atoms. The Kier molecular flexibility index (Phi) is 10.2. The predicted octanol–water partition coefficient (Wildman–Crippen LogP) is 17.9. The molecule has 0 unspecified atom stereocenters. The van der Waals surface area contributed by atoms with Crippen LogP contribution in [0.15, 0.2) is 164 Å².